The van der Waals surface area contributed by atoms with Crippen molar-refractivity contribution in [3.8, 4) is 0 Å². The van der Waals surface area contributed by atoms with Gasteiger partial charge in [0.25, 0.3) is 0 Å². The van der Waals surface area contributed by atoms with Gasteiger partial charge in [-0.3, -0.25) is 4.79 Å². The molecule has 1 aliphatic heterocycles. The van der Waals surface area contributed by atoms with Gasteiger partial charge in [-0.25, -0.2) is 0 Å². The van der Waals surface area contributed by atoms with Gasteiger partial charge in [-0.2, -0.15) is 0 Å². The zero-order chi connectivity index (χ0) is 12.7. The number of carbonyl (C=O) groups excluding carboxylic acids is 1. The number of rotatable bonds is 6. The molecule has 1 unspecified atom stereocenters. The molecule has 1 heterocycles. The van der Waals surface area contributed by atoms with Crippen molar-refractivity contribution >= 4 is 5.91 Å². The van der Waals surface area contributed by atoms with Crippen LogP contribution in [0.2, 0.25) is 0 Å². The van der Waals surface area contributed by atoms with Crippen LogP contribution in [0.3, 0.4) is 0 Å². The van der Waals surface area contributed by atoms with Crippen molar-refractivity contribution in [1.82, 2.24) is 10.6 Å². The van der Waals surface area contributed by atoms with E-state index in [1.165, 1.54) is 0 Å². The van der Waals surface area contributed by atoms with Crippen LogP contribution in [-0.2, 0) is 9.53 Å². The van der Waals surface area contributed by atoms with E-state index in [9.17, 15) is 4.79 Å². The first kappa shape index (κ1) is 14.5. The summed E-state index contributed by atoms with van der Waals surface area (Å²) in [6.45, 7) is 9.35. The first-order valence-corrected chi connectivity index (χ1v) is 6.63. The molecule has 0 aromatic rings. The lowest BCUT2D eigenvalue weighted by molar-refractivity contribution is -0.120. The summed E-state index contributed by atoms with van der Waals surface area (Å²) < 4.78 is 5.35. The van der Waals surface area contributed by atoms with Crippen LogP contribution in [0.5, 0.6) is 0 Å². The molecule has 4 heteroatoms. The van der Waals surface area contributed by atoms with Crippen LogP contribution in [0.15, 0.2) is 0 Å². The van der Waals surface area contributed by atoms with E-state index < -0.39 is 0 Å². The van der Waals surface area contributed by atoms with Crippen LogP contribution in [0.4, 0.5) is 0 Å². The van der Waals surface area contributed by atoms with Crippen molar-refractivity contribution in [3.05, 3.63) is 0 Å². The van der Waals surface area contributed by atoms with Crippen LogP contribution in [0.25, 0.3) is 0 Å². The average molecular weight is 242 g/mol. The van der Waals surface area contributed by atoms with Gasteiger partial charge in [0.1, 0.15) is 0 Å². The van der Waals surface area contributed by atoms with E-state index in [2.05, 4.69) is 24.5 Å². The van der Waals surface area contributed by atoms with Crippen LogP contribution in [0, 0.1) is 5.41 Å². The van der Waals surface area contributed by atoms with Gasteiger partial charge in [-0.05, 0) is 31.6 Å². The normalized spacial score (nSPS) is 20.9. The summed E-state index contributed by atoms with van der Waals surface area (Å²) in [5, 5.41) is 6.21. The van der Waals surface area contributed by atoms with Crippen LogP contribution in [-0.4, -0.2) is 38.3 Å². The van der Waals surface area contributed by atoms with E-state index in [4.69, 9.17) is 4.74 Å². The minimum Gasteiger partial charge on any atom is -0.381 e. The zero-order valence-electron chi connectivity index (χ0n) is 11.3. The highest BCUT2D eigenvalue weighted by molar-refractivity contribution is 5.78. The molecule has 1 rings (SSSR count). The Morgan fingerprint density at radius 1 is 1.41 bits per heavy atom. The summed E-state index contributed by atoms with van der Waals surface area (Å²) in [6, 6.07) is 0.267. The third-order valence-corrected chi connectivity index (χ3v) is 3.56. The number of hydrogen-bond donors (Lipinski definition) is 2. The fourth-order valence-corrected chi connectivity index (χ4v) is 1.95. The van der Waals surface area contributed by atoms with Crippen molar-refractivity contribution in [2.24, 2.45) is 5.41 Å². The topological polar surface area (TPSA) is 50.4 Å². The molecule has 1 aliphatic rings. The molecule has 4 nitrogen and oxygen atoms in total. The Balaban J connectivity index is 2.16. The Morgan fingerprint density at radius 2 is 2.06 bits per heavy atom. The Hall–Kier alpha value is -0.610. The predicted molar refractivity (Wildman–Crippen MR) is 68.9 cm³/mol. The second kappa shape index (κ2) is 6.97. The van der Waals surface area contributed by atoms with E-state index in [0.717, 1.165) is 39.0 Å². The molecule has 2 N–H and O–H groups in total. The smallest absolute Gasteiger partial charge is 0.234 e. The lowest BCUT2D eigenvalue weighted by Gasteiger charge is -2.33. The number of nitrogens with one attached hydrogen (secondary N) is 2. The highest BCUT2D eigenvalue weighted by Gasteiger charge is 2.26. The van der Waals surface area contributed by atoms with E-state index in [1.54, 1.807) is 0 Å². The quantitative estimate of drug-likeness (QED) is 0.738. The van der Waals surface area contributed by atoms with Gasteiger partial charge in [0.05, 0.1) is 6.54 Å². The molecular formula is C13H26N2O2. The third-order valence-electron chi connectivity index (χ3n) is 3.56. The maximum Gasteiger partial charge on any atom is 0.234 e. The van der Waals surface area contributed by atoms with E-state index in [0.29, 0.717) is 6.54 Å². The van der Waals surface area contributed by atoms with Crippen LogP contribution >= 0.6 is 0 Å². The summed E-state index contributed by atoms with van der Waals surface area (Å²) in [5.41, 5.74) is 0.287. The molecule has 0 bridgehead atoms. The van der Waals surface area contributed by atoms with Gasteiger partial charge >= 0.3 is 0 Å². The minimum absolute atomic E-state index is 0.0926. The molecule has 100 valence electrons. The van der Waals surface area contributed by atoms with Crippen molar-refractivity contribution in [2.75, 3.05) is 26.3 Å². The SMILES string of the molecule is CCC(C)NC(=O)CNCC1(C)CCOCC1. The van der Waals surface area contributed by atoms with Gasteiger partial charge in [-0.1, -0.05) is 13.8 Å². The molecule has 0 radical (unpaired) electrons. The Labute approximate surface area is 104 Å². The lowest BCUT2D eigenvalue weighted by atomic mass is 9.82. The second-order valence-corrected chi connectivity index (χ2v) is 5.40. The van der Waals surface area contributed by atoms with E-state index in [1.807, 2.05) is 6.92 Å². The Bertz CT molecular complexity index is 238. The first-order chi connectivity index (χ1) is 8.06. The number of carbonyl (C=O) groups is 1. The molecule has 1 atom stereocenters. The summed E-state index contributed by atoms with van der Waals surface area (Å²) in [5.74, 6) is 0.0926. The molecule has 0 aromatic carbocycles. The largest absolute Gasteiger partial charge is 0.381 e. The summed E-state index contributed by atoms with van der Waals surface area (Å²) >= 11 is 0. The molecular weight excluding hydrogens is 216 g/mol. The van der Waals surface area contributed by atoms with Gasteiger partial charge in [0.2, 0.25) is 5.91 Å². The molecule has 0 aromatic heterocycles. The molecule has 1 amide bonds. The highest BCUT2D eigenvalue weighted by atomic mass is 16.5. The van der Waals surface area contributed by atoms with Crippen molar-refractivity contribution < 1.29 is 9.53 Å². The number of hydrogen-bond acceptors (Lipinski definition) is 3. The van der Waals surface area contributed by atoms with Crippen molar-refractivity contribution in [1.29, 1.82) is 0 Å². The fourth-order valence-electron chi connectivity index (χ4n) is 1.95. The molecule has 0 aliphatic carbocycles. The zero-order valence-corrected chi connectivity index (χ0v) is 11.3. The predicted octanol–water partition coefficient (Wildman–Crippen LogP) is 1.31. The van der Waals surface area contributed by atoms with Gasteiger partial charge < -0.3 is 15.4 Å². The minimum atomic E-state index is 0.0926. The molecule has 1 fully saturated rings. The molecule has 1 saturated heterocycles. The maximum atomic E-state index is 11.6. The fraction of sp³-hybridized carbons (Fsp3) is 0.923. The monoisotopic (exact) mass is 242 g/mol. The summed E-state index contributed by atoms with van der Waals surface area (Å²) in [7, 11) is 0. The molecule has 0 saturated carbocycles. The number of amides is 1. The second-order valence-electron chi connectivity index (χ2n) is 5.40. The van der Waals surface area contributed by atoms with Crippen molar-refractivity contribution in [3.63, 3.8) is 0 Å². The maximum absolute atomic E-state index is 11.6. The summed E-state index contributed by atoms with van der Waals surface area (Å²) in [4.78, 5) is 11.6. The van der Waals surface area contributed by atoms with Gasteiger partial charge in [0.15, 0.2) is 0 Å². The van der Waals surface area contributed by atoms with E-state index >= 15 is 0 Å². The average Bonchev–Trinajstić information content (AvgIpc) is 2.29. The van der Waals surface area contributed by atoms with Gasteiger partial charge in [-0.15, -0.1) is 0 Å². The van der Waals surface area contributed by atoms with Gasteiger partial charge in [0, 0.05) is 25.8 Å². The standard InChI is InChI=1S/C13H26N2O2/c1-4-11(2)15-12(16)9-14-10-13(3)5-7-17-8-6-13/h11,14H,4-10H2,1-3H3,(H,15,16). The van der Waals surface area contributed by atoms with Crippen molar-refractivity contribution in [2.45, 2.75) is 46.1 Å². The molecule has 17 heavy (non-hydrogen) atoms. The third kappa shape index (κ3) is 5.50. The van der Waals surface area contributed by atoms with Crippen LogP contribution in [0.1, 0.15) is 40.0 Å². The Kier molecular flexibility index (Phi) is 5.92. The lowest BCUT2D eigenvalue weighted by Crippen LogP contribution is -2.43. The number of ether oxygens (including phenoxy) is 1. The highest BCUT2D eigenvalue weighted by Crippen LogP contribution is 2.28. The summed E-state index contributed by atoms with van der Waals surface area (Å²) in [6.07, 6.45) is 3.13. The Morgan fingerprint density at radius 3 is 2.65 bits per heavy atom. The van der Waals surface area contributed by atoms with Crippen LogP contribution < -0.4 is 10.6 Å². The molecule has 0 spiro atoms. The first-order valence-electron chi connectivity index (χ1n) is 6.63. The van der Waals surface area contributed by atoms with E-state index in [-0.39, 0.29) is 17.4 Å².